The third-order valence-electron chi connectivity index (χ3n) is 3.40. The van der Waals surface area contributed by atoms with E-state index in [0.717, 1.165) is 16.6 Å². The highest BCUT2D eigenvalue weighted by Crippen LogP contribution is 2.29. The SMILES string of the molecule is [C-]#[N+]c1ccc(Oc2ccc3c(c2)COB3O)c(CN)c1. The lowest BCUT2D eigenvalue weighted by Crippen LogP contribution is -2.27. The minimum atomic E-state index is -0.855. The highest BCUT2D eigenvalue weighted by Gasteiger charge is 2.27. The van der Waals surface area contributed by atoms with Gasteiger partial charge in [0.2, 0.25) is 0 Å². The van der Waals surface area contributed by atoms with Gasteiger partial charge in [0.05, 0.1) is 13.2 Å². The van der Waals surface area contributed by atoms with E-state index >= 15 is 0 Å². The van der Waals surface area contributed by atoms with Gasteiger partial charge < -0.3 is 20.1 Å². The molecule has 1 aliphatic heterocycles. The molecule has 0 aliphatic carbocycles. The van der Waals surface area contributed by atoms with E-state index in [1.807, 2.05) is 6.07 Å². The first-order chi connectivity index (χ1) is 10.2. The van der Waals surface area contributed by atoms with Gasteiger partial charge in [-0.1, -0.05) is 12.1 Å². The van der Waals surface area contributed by atoms with E-state index in [4.69, 9.17) is 21.7 Å². The molecule has 0 unspecified atom stereocenters. The molecule has 2 aromatic rings. The van der Waals surface area contributed by atoms with Crippen molar-refractivity contribution in [2.75, 3.05) is 0 Å². The van der Waals surface area contributed by atoms with Crippen molar-refractivity contribution in [1.82, 2.24) is 0 Å². The van der Waals surface area contributed by atoms with Crippen molar-refractivity contribution in [3.05, 3.63) is 58.9 Å². The molecule has 21 heavy (non-hydrogen) atoms. The number of rotatable bonds is 3. The molecule has 0 bridgehead atoms. The summed E-state index contributed by atoms with van der Waals surface area (Å²) in [5.41, 5.74) is 8.69. The van der Waals surface area contributed by atoms with Gasteiger partial charge in [-0.3, -0.25) is 0 Å². The van der Waals surface area contributed by atoms with Gasteiger partial charge in [0, 0.05) is 6.54 Å². The molecule has 0 fully saturated rings. The van der Waals surface area contributed by atoms with Crippen LogP contribution in [0.25, 0.3) is 4.85 Å². The summed E-state index contributed by atoms with van der Waals surface area (Å²) in [6.45, 7) is 7.68. The summed E-state index contributed by atoms with van der Waals surface area (Å²) in [4.78, 5) is 3.38. The molecule has 1 heterocycles. The minimum Gasteiger partial charge on any atom is -0.457 e. The highest BCUT2D eigenvalue weighted by molar-refractivity contribution is 6.61. The minimum absolute atomic E-state index is 0.297. The fourth-order valence-electron chi connectivity index (χ4n) is 2.29. The zero-order valence-corrected chi connectivity index (χ0v) is 11.2. The Balaban J connectivity index is 1.89. The quantitative estimate of drug-likeness (QED) is 0.663. The van der Waals surface area contributed by atoms with Gasteiger partial charge >= 0.3 is 7.12 Å². The van der Waals surface area contributed by atoms with Gasteiger partial charge in [0.25, 0.3) is 0 Å². The first kappa shape index (κ1) is 13.6. The lowest BCUT2D eigenvalue weighted by atomic mass is 9.80. The summed E-state index contributed by atoms with van der Waals surface area (Å²) >= 11 is 0. The van der Waals surface area contributed by atoms with Crippen molar-refractivity contribution in [2.45, 2.75) is 13.2 Å². The van der Waals surface area contributed by atoms with Crippen molar-refractivity contribution in [3.63, 3.8) is 0 Å². The zero-order valence-electron chi connectivity index (χ0n) is 11.2. The summed E-state index contributed by atoms with van der Waals surface area (Å²) in [6.07, 6.45) is 0. The van der Waals surface area contributed by atoms with Crippen LogP contribution in [0.15, 0.2) is 36.4 Å². The van der Waals surface area contributed by atoms with Crippen LogP contribution < -0.4 is 15.9 Å². The second kappa shape index (κ2) is 5.58. The Labute approximate surface area is 122 Å². The summed E-state index contributed by atoms with van der Waals surface area (Å²) in [5, 5.41) is 9.59. The molecule has 1 aliphatic rings. The first-order valence-corrected chi connectivity index (χ1v) is 6.52. The lowest BCUT2D eigenvalue weighted by Gasteiger charge is -2.11. The summed E-state index contributed by atoms with van der Waals surface area (Å²) in [5.74, 6) is 1.28. The summed E-state index contributed by atoms with van der Waals surface area (Å²) < 4.78 is 11.0. The van der Waals surface area contributed by atoms with E-state index in [1.54, 1.807) is 30.3 Å². The maximum atomic E-state index is 9.59. The van der Waals surface area contributed by atoms with Crippen LogP contribution in [-0.2, 0) is 17.8 Å². The largest absolute Gasteiger partial charge is 0.491 e. The monoisotopic (exact) mass is 280 g/mol. The van der Waals surface area contributed by atoms with Crippen LogP contribution in [0.1, 0.15) is 11.1 Å². The number of hydrogen-bond donors (Lipinski definition) is 2. The molecule has 0 radical (unpaired) electrons. The number of nitrogens with two attached hydrogens (primary N) is 1. The van der Waals surface area contributed by atoms with Crippen molar-refractivity contribution < 1.29 is 14.4 Å². The van der Waals surface area contributed by atoms with E-state index in [9.17, 15) is 5.02 Å². The molecule has 0 saturated carbocycles. The maximum Gasteiger partial charge on any atom is 0.491 e. The summed E-state index contributed by atoms with van der Waals surface area (Å²) in [6, 6.07) is 10.6. The van der Waals surface area contributed by atoms with Crippen molar-refractivity contribution in [3.8, 4) is 11.5 Å². The molecule has 0 aromatic heterocycles. The molecule has 104 valence electrons. The fourth-order valence-corrected chi connectivity index (χ4v) is 2.29. The third-order valence-corrected chi connectivity index (χ3v) is 3.40. The van der Waals surface area contributed by atoms with Crippen LogP contribution in [-0.4, -0.2) is 12.1 Å². The molecule has 0 atom stereocenters. The van der Waals surface area contributed by atoms with E-state index < -0.39 is 7.12 Å². The lowest BCUT2D eigenvalue weighted by molar-refractivity contribution is 0.275. The van der Waals surface area contributed by atoms with Gasteiger partial charge in [0.15, 0.2) is 5.69 Å². The fraction of sp³-hybridized carbons (Fsp3) is 0.133. The maximum absolute atomic E-state index is 9.59. The Bertz CT molecular complexity index is 727. The Morgan fingerprint density at radius 1 is 1.33 bits per heavy atom. The van der Waals surface area contributed by atoms with Gasteiger partial charge in [-0.25, -0.2) is 4.85 Å². The Morgan fingerprint density at radius 2 is 2.19 bits per heavy atom. The molecular formula is C15H13BN2O3. The van der Waals surface area contributed by atoms with Crippen LogP contribution >= 0.6 is 0 Å². The molecular weight excluding hydrogens is 267 g/mol. The van der Waals surface area contributed by atoms with Crippen LogP contribution in [0.5, 0.6) is 11.5 Å². The van der Waals surface area contributed by atoms with Gasteiger partial charge in [-0.05, 0) is 40.9 Å². The van der Waals surface area contributed by atoms with Crippen LogP contribution in [0, 0.1) is 6.57 Å². The van der Waals surface area contributed by atoms with Gasteiger partial charge in [-0.2, -0.15) is 0 Å². The van der Waals surface area contributed by atoms with E-state index in [1.165, 1.54) is 0 Å². The number of hydrogen-bond acceptors (Lipinski definition) is 4. The van der Waals surface area contributed by atoms with Crippen molar-refractivity contribution >= 4 is 18.3 Å². The second-order valence-electron chi connectivity index (χ2n) is 4.73. The van der Waals surface area contributed by atoms with Crippen LogP contribution in [0.4, 0.5) is 5.69 Å². The Morgan fingerprint density at radius 3 is 2.95 bits per heavy atom. The Hall–Kier alpha value is -2.33. The van der Waals surface area contributed by atoms with E-state index in [2.05, 4.69) is 4.85 Å². The molecule has 2 aromatic carbocycles. The van der Waals surface area contributed by atoms with Crippen molar-refractivity contribution in [1.29, 1.82) is 0 Å². The molecule has 0 amide bonds. The van der Waals surface area contributed by atoms with E-state index in [-0.39, 0.29) is 0 Å². The smallest absolute Gasteiger partial charge is 0.457 e. The van der Waals surface area contributed by atoms with Crippen LogP contribution in [0.3, 0.4) is 0 Å². The standard InChI is InChI=1S/C15H13BN2O3/c1-18-12-2-5-15(10(6-12)8-17)21-13-3-4-14-11(7-13)9-20-16(14)19/h2-7,19H,8-9,17H2. The molecule has 0 saturated heterocycles. The molecule has 6 heteroatoms. The molecule has 3 N–H and O–H groups in total. The summed E-state index contributed by atoms with van der Waals surface area (Å²) in [7, 11) is -0.855. The highest BCUT2D eigenvalue weighted by atomic mass is 16.5. The van der Waals surface area contributed by atoms with E-state index in [0.29, 0.717) is 30.3 Å². The average molecular weight is 280 g/mol. The van der Waals surface area contributed by atoms with Gasteiger partial charge in [0.1, 0.15) is 11.5 Å². The number of nitrogens with zero attached hydrogens (tertiary/aromatic N) is 1. The Kier molecular flexibility index (Phi) is 3.63. The predicted octanol–water partition coefficient (Wildman–Crippen LogP) is 1.71. The molecule has 5 nitrogen and oxygen atoms in total. The van der Waals surface area contributed by atoms with Gasteiger partial charge in [-0.15, -0.1) is 0 Å². The topological polar surface area (TPSA) is 69.1 Å². The van der Waals surface area contributed by atoms with Crippen molar-refractivity contribution in [2.24, 2.45) is 5.73 Å². The number of fused-ring (bicyclic) bond motifs is 1. The molecule has 3 rings (SSSR count). The first-order valence-electron chi connectivity index (χ1n) is 6.52. The average Bonchev–Trinajstić information content (AvgIpc) is 2.88. The molecule has 0 spiro atoms. The zero-order chi connectivity index (χ0) is 14.8. The van der Waals surface area contributed by atoms with Crippen LogP contribution in [0.2, 0.25) is 0 Å². The normalized spacial score (nSPS) is 12.9. The third kappa shape index (κ3) is 2.62. The second-order valence-corrected chi connectivity index (χ2v) is 4.73. The number of benzene rings is 2. The number of ether oxygens (including phenoxy) is 1. The predicted molar refractivity (Wildman–Crippen MR) is 79.5 cm³/mol.